The third kappa shape index (κ3) is 84.9. The van der Waals surface area contributed by atoms with Crippen LogP contribution in [0.25, 0.3) is 0 Å². The van der Waals surface area contributed by atoms with Gasteiger partial charge in [0, 0.05) is 12.8 Å². The first-order chi connectivity index (χ1) is 49.6. The van der Waals surface area contributed by atoms with Gasteiger partial charge >= 0.3 is 11.9 Å². The van der Waals surface area contributed by atoms with Gasteiger partial charge < -0.3 is 33.3 Å². The second-order valence-corrected chi connectivity index (χ2v) is 32.6. The van der Waals surface area contributed by atoms with Crippen molar-refractivity contribution >= 4 is 17.9 Å². The van der Waals surface area contributed by atoms with Gasteiger partial charge in [0.05, 0.1) is 40.3 Å². The van der Waals surface area contributed by atoms with Gasteiger partial charge in [-0.05, 0) is 64.2 Å². The maximum Gasteiger partial charge on any atom is 0.306 e. The third-order valence-corrected chi connectivity index (χ3v) is 21.2. The number of rotatable bonds is 87. The van der Waals surface area contributed by atoms with E-state index in [1.165, 1.54) is 424 Å². The zero-order valence-corrected chi connectivity index (χ0v) is 68.8. The molecule has 0 heterocycles. The lowest BCUT2D eigenvalue weighted by molar-refractivity contribution is -0.870. The summed E-state index contributed by atoms with van der Waals surface area (Å²) < 4.78 is 22.9. The van der Waals surface area contributed by atoms with Gasteiger partial charge in [0.15, 0.2) is 12.4 Å². The van der Waals surface area contributed by atoms with Crippen LogP contribution in [0.1, 0.15) is 489 Å². The number of aliphatic carboxylic acids is 1. The maximum absolute atomic E-state index is 13.0. The van der Waals surface area contributed by atoms with Crippen LogP contribution in [-0.4, -0.2) is 82.3 Å². The van der Waals surface area contributed by atoms with Crippen molar-refractivity contribution in [2.24, 2.45) is 0 Å². The number of allylic oxidation sites excluding steroid dienone is 4. The molecule has 9 nitrogen and oxygen atoms in total. The number of esters is 2. The Morgan fingerprint density at radius 3 is 0.733 bits per heavy atom. The molecule has 0 amide bonds. The molecule has 0 fully saturated rings. The molecule has 0 N–H and O–H groups in total. The molecule has 0 bridgehead atoms. The van der Waals surface area contributed by atoms with E-state index in [0.717, 1.165) is 38.5 Å². The minimum absolute atomic E-state index is 0.153. The molecule has 0 aliphatic heterocycles. The molecule has 598 valence electrons. The molecule has 0 aromatic carbocycles. The Morgan fingerprint density at radius 1 is 0.287 bits per heavy atom. The Morgan fingerprint density at radius 2 is 0.505 bits per heavy atom. The molecule has 0 saturated carbocycles. The number of carbonyl (C=O) groups is 3. The zero-order valence-electron chi connectivity index (χ0n) is 68.8. The number of hydrogen-bond acceptors (Lipinski definition) is 8. The van der Waals surface area contributed by atoms with Crippen LogP contribution in [0, 0.1) is 0 Å². The molecular weight excluding hydrogens is 1250 g/mol. The lowest BCUT2D eigenvalue weighted by Gasteiger charge is -2.26. The monoisotopic (exact) mass is 1420 g/mol. The summed E-state index contributed by atoms with van der Waals surface area (Å²) in [6.07, 6.45) is 105. The van der Waals surface area contributed by atoms with Crippen molar-refractivity contribution in [3.8, 4) is 0 Å². The van der Waals surface area contributed by atoms with Gasteiger partial charge in [0.25, 0.3) is 0 Å². The Balaban J connectivity index is 3.88. The molecule has 0 saturated heterocycles. The van der Waals surface area contributed by atoms with E-state index in [0.29, 0.717) is 17.4 Å². The van der Waals surface area contributed by atoms with Crippen LogP contribution in [0.2, 0.25) is 0 Å². The van der Waals surface area contributed by atoms with Gasteiger partial charge in [0.2, 0.25) is 0 Å². The third-order valence-electron chi connectivity index (χ3n) is 21.2. The van der Waals surface area contributed by atoms with Gasteiger partial charge in [-0.25, -0.2) is 0 Å². The first-order valence-corrected chi connectivity index (χ1v) is 45.5. The standard InChI is InChI=1S/C92H177NO8/c1-6-8-10-12-14-16-18-20-22-24-26-28-30-32-34-36-38-40-42-43-44-45-46-47-49-51-53-55-57-59-61-63-65-67-69-71-73-75-77-79-81-83-90(95)101-88(87-100-92(91(96)97)98-85-84-93(3,4)5)86-99-89(94)82-80-78-76-74-72-70-68-66-64-62-60-58-56-54-52-50-48-41-39-37-35-33-31-29-27-25-23-21-19-17-15-13-11-9-7-2/h24-27,88,92H,6-23,28-87H2,1-5H3/b26-24-,27-25-. The molecule has 2 unspecified atom stereocenters. The largest absolute Gasteiger partial charge is 0.545 e. The first kappa shape index (κ1) is 98.8. The maximum atomic E-state index is 13.0. The first-order valence-electron chi connectivity index (χ1n) is 45.5. The molecule has 0 rings (SSSR count). The number of ether oxygens (including phenoxy) is 4. The van der Waals surface area contributed by atoms with Crippen molar-refractivity contribution in [1.29, 1.82) is 0 Å². The van der Waals surface area contributed by atoms with Gasteiger partial charge in [-0.3, -0.25) is 9.59 Å². The molecular formula is C92H177NO8. The fourth-order valence-corrected chi connectivity index (χ4v) is 14.2. The summed E-state index contributed by atoms with van der Waals surface area (Å²) >= 11 is 0. The van der Waals surface area contributed by atoms with Gasteiger partial charge in [-0.15, -0.1) is 0 Å². The topological polar surface area (TPSA) is 111 Å². The highest BCUT2D eigenvalue weighted by Crippen LogP contribution is 2.21. The summed E-state index contributed by atoms with van der Waals surface area (Å²) in [5.74, 6) is -2.24. The van der Waals surface area contributed by atoms with E-state index in [9.17, 15) is 19.5 Å². The van der Waals surface area contributed by atoms with Gasteiger partial charge in [0.1, 0.15) is 13.2 Å². The normalized spacial score (nSPS) is 12.6. The number of carboxylic acid groups (broad SMARTS) is 1. The summed E-state index contributed by atoms with van der Waals surface area (Å²) in [6.45, 7) is 4.85. The van der Waals surface area contributed by atoms with Crippen LogP contribution in [0.5, 0.6) is 0 Å². The number of likely N-dealkylation sites (N-methyl/N-ethyl adjacent to an activating group) is 1. The Hall–Kier alpha value is -2.23. The highest BCUT2D eigenvalue weighted by molar-refractivity contribution is 5.70. The average Bonchev–Trinajstić information content (AvgIpc) is 1.21. The number of carbonyl (C=O) groups excluding carboxylic acids is 3. The lowest BCUT2D eigenvalue weighted by Crippen LogP contribution is -2.44. The summed E-state index contributed by atoms with van der Waals surface area (Å²) in [5, 5.41) is 11.9. The van der Waals surface area contributed by atoms with Crippen molar-refractivity contribution in [1.82, 2.24) is 0 Å². The molecule has 0 aliphatic rings. The zero-order chi connectivity index (χ0) is 73.2. The average molecular weight is 1430 g/mol. The summed E-state index contributed by atoms with van der Waals surface area (Å²) in [4.78, 5) is 37.7. The fourth-order valence-electron chi connectivity index (χ4n) is 14.2. The van der Waals surface area contributed by atoms with Crippen molar-refractivity contribution in [3.63, 3.8) is 0 Å². The number of nitrogens with zero attached hydrogens (tertiary/aromatic N) is 1. The molecule has 2 atom stereocenters. The number of hydrogen-bond donors (Lipinski definition) is 0. The minimum atomic E-state index is -1.62. The second-order valence-electron chi connectivity index (χ2n) is 32.6. The molecule has 0 radical (unpaired) electrons. The Labute approximate surface area is 630 Å². The van der Waals surface area contributed by atoms with E-state index < -0.39 is 24.3 Å². The van der Waals surface area contributed by atoms with E-state index >= 15 is 0 Å². The van der Waals surface area contributed by atoms with E-state index in [2.05, 4.69) is 38.2 Å². The Bertz CT molecular complexity index is 1710. The molecule has 0 aromatic rings. The predicted octanol–water partition coefficient (Wildman–Crippen LogP) is 28.3. The number of carboxylic acids is 1. The van der Waals surface area contributed by atoms with Gasteiger partial charge in [-0.2, -0.15) is 0 Å². The van der Waals surface area contributed by atoms with Crippen LogP contribution in [-0.2, 0) is 33.3 Å². The smallest absolute Gasteiger partial charge is 0.306 e. The van der Waals surface area contributed by atoms with Crippen LogP contribution in [0.3, 0.4) is 0 Å². The van der Waals surface area contributed by atoms with Crippen LogP contribution >= 0.6 is 0 Å². The number of quaternary nitrogens is 1. The summed E-state index contributed by atoms with van der Waals surface area (Å²) in [5.41, 5.74) is 0. The summed E-state index contributed by atoms with van der Waals surface area (Å²) in [6, 6.07) is 0. The lowest BCUT2D eigenvalue weighted by atomic mass is 10.0. The van der Waals surface area contributed by atoms with Crippen molar-refractivity contribution in [3.05, 3.63) is 24.3 Å². The van der Waals surface area contributed by atoms with E-state index in [-0.39, 0.29) is 32.2 Å². The quantitative estimate of drug-likeness (QED) is 0.0195. The SMILES string of the molecule is CCCCCCCCCC/C=C\CCCCCCCCCCCCCCCCCCCCCCCCCCCCCCCC(=O)OC(COC(=O)CCCCCCCCCCCCCCCCCCCCCCCCC/C=C\CCCCCCCCCC)COC(OCC[N+](C)(C)C)C(=O)[O-]. The molecule has 101 heavy (non-hydrogen) atoms. The van der Waals surface area contributed by atoms with E-state index in [1.807, 2.05) is 21.1 Å². The molecule has 9 heteroatoms. The van der Waals surface area contributed by atoms with Crippen LogP contribution in [0.15, 0.2) is 24.3 Å². The molecule has 0 aromatic heterocycles. The van der Waals surface area contributed by atoms with Crippen LogP contribution < -0.4 is 5.11 Å². The molecule has 0 spiro atoms. The highest BCUT2D eigenvalue weighted by Gasteiger charge is 2.22. The predicted molar refractivity (Wildman–Crippen MR) is 436 cm³/mol. The summed E-state index contributed by atoms with van der Waals surface area (Å²) in [7, 11) is 5.96. The number of unbranched alkanes of at least 4 members (excludes halogenated alkanes) is 68. The Kier molecular flexibility index (Phi) is 81.6. The second kappa shape index (κ2) is 83.4. The highest BCUT2D eigenvalue weighted by atomic mass is 16.7. The van der Waals surface area contributed by atoms with E-state index in [1.54, 1.807) is 0 Å². The van der Waals surface area contributed by atoms with Crippen molar-refractivity contribution in [2.45, 2.75) is 501 Å². The van der Waals surface area contributed by atoms with Crippen molar-refractivity contribution < 1.29 is 42.9 Å². The van der Waals surface area contributed by atoms with E-state index in [4.69, 9.17) is 18.9 Å². The molecule has 0 aliphatic carbocycles. The minimum Gasteiger partial charge on any atom is -0.545 e. The van der Waals surface area contributed by atoms with Crippen LogP contribution in [0.4, 0.5) is 0 Å². The van der Waals surface area contributed by atoms with Crippen molar-refractivity contribution in [2.75, 3.05) is 47.5 Å². The van der Waals surface area contributed by atoms with Gasteiger partial charge in [-0.1, -0.05) is 436 Å². The fraction of sp³-hybridized carbons (Fsp3) is 0.924.